The predicted molar refractivity (Wildman–Crippen MR) is 118 cm³/mol. The van der Waals surface area contributed by atoms with Crippen LogP contribution in [0.1, 0.15) is 40.0 Å². The lowest BCUT2D eigenvalue weighted by molar-refractivity contribution is -0.692. The van der Waals surface area contributed by atoms with Crippen LogP contribution in [0, 0.1) is 0 Å². The summed E-state index contributed by atoms with van der Waals surface area (Å²) in [5, 5.41) is 12.7. The Morgan fingerprint density at radius 1 is 1.00 bits per heavy atom. The van der Waals surface area contributed by atoms with Crippen molar-refractivity contribution < 1.29 is 14.5 Å². The normalized spacial score (nSPS) is 11.7. The molecule has 1 atom stereocenters. The summed E-state index contributed by atoms with van der Waals surface area (Å²) >= 11 is 5.65. The topological polar surface area (TPSA) is 53.2 Å². The Labute approximate surface area is 176 Å². The van der Waals surface area contributed by atoms with Crippen LogP contribution in [-0.2, 0) is 19.6 Å². The molecule has 0 aliphatic rings. The number of hydrogen-bond donors (Lipinski definition) is 2. The maximum Gasteiger partial charge on any atom is 0.270 e. The highest BCUT2D eigenvalue weighted by atomic mass is 32.1. The van der Waals surface area contributed by atoms with E-state index in [1.807, 2.05) is 66.7 Å². The number of hydrogen-bond acceptors (Lipinski definition) is 3. The SMILES string of the molecule is CCc1ccc(C(=O)[C@H](C(=S)NCc2ccccc2)[n+]2cccc(CO)c2)cc1. The Bertz CT molecular complexity index is 972. The summed E-state index contributed by atoms with van der Waals surface area (Å²) in [4.78, 5) is 13.8. The van der Waals surface area contributed by atoms with Crippen molar-refractivity contribution in [1.82, 2.24) is 5.32 Å². The minimum atomic E-state index is -0.687. The van der Waals surface area contributed by atoms with Crippen molar-refractivity contribution in [2.45, 2.75) is 32.5 Å². The molecule has 3 rings (SSSR count). The van der Waals surface area contributed by atoms with Gasteiger partial charge in [-0.05, 0) is 23.6 Å². The van der Waals surface area contributed by atoms with Crippen molar-refractivity contribution in [2.75, 3.05) is 0 Å². The molecule has 0 amide bonds. The van der Waals surface area contributed by atoms with E-state index in [0.29, 0.717) is 17.1 Å². The Morgan fingerprint density at radius 3 is 2.34 bits per heavy atom. The predicted octanol–water partition coefficient (Wildman–Crippen LogP) is 3.57. The number of nitrogens with one attached hydrogen (secondary N) is 1. The number of carbonyl (C=O) groups is 1. The third-order valence-electron chi connectivity index (χ3n) is 4.82. The van der Waals surface area contributed by atoms with Gasteiger partial charge in [0.2, 0.25) is 5.78 Å². The summed E-state index contributed by atoms with van der Waals surface area (Å²) in [6.07, 6.45) is 4.49. The first-order valence-electron chi connectivity index (χ1n) is 9.67. The molecule has 5 heteroatoms. The van der Waals surface area contributed by atoms with Crippen molar-refractivity contribution in [3.8, 4) is 0 Å². The number of aryl methyl sites for hydroxylation is 1. The van der Waals surface area contributed by atoms with E-state index in [1.165, 1.54) is 5.56 Å². The zero-order chi connectivity index (χ0) is 20.6. The quantitative estimate of drug-likeness (QED) is 0.342. The number of pyridine rings is 1. The molecule has 4 nitrogen and oxygen atoms in total. The molecule has 1 heterocycles. The number of nitrogens with zero attached hydrogens (tertiary/aromatic N) is 1. The van der Waals surface area contributed by atoms with Crippen molar-refractivity contribution >= 4 is 23.0 Å². The Kier molecular flexibility index (Phi) is 7.22. The Balaban J connectivity index is 1.89. The van der Waals surface area contributed by atoms with Gasteiger partial charge in [0.15, 0.2) is 17.4 Å². The van der Waals surface area contributed by atoms with Crippen molar-refractivity contribution in [3.05, 3.63) is 101 Å². The van der Waals surface area contributed by atoms with Crippen LogP contribution >= 0.6 is 12.2 Å². The zero-order valence-corrected chi connectivity index (χ0v) is 17.2. The second-order valence-electron chi connectivity index (χ2n) is 6.84. The molecule has 148 valence electrons. The second kappa shape index (κ2) is 10.0. The molecule has 0 radical (unpaired) electrons. The summed E-state index contributed by atoms with van der Waals surface area (Å²) in [5.74, 6) is -0.0849. The lowest BCUT2D eigenvalue weighted by Gasteiger charge is -2.15. The molecule has 0 aliphatic carbocycles. The van der Waals surface area contributed by atoms with Gasteiger partial charge >= 0.3 is 0 Å². The molecule has 0 aliphatic heterocycles. The van der Waals surface area contributed by atoms with Crippen LogP contribution in [0.15, 0.2) is 79.1 Å². The molecule has 3 aromatic rings. The van der Waals surface area contributed by atoms with Gasteiger partial charge in [0.05, 0.1) is 6.61 Å². The highest BCUT2D eigenvalue weighted by Crippen LogP contribution is 2.14. The molecule has 0 saturated carbocycles. The van der Waals surface area contributed by atoms with E-state index in [2.05, 4.69) is 12.2 Å². The molecule has 0 unspecified atom stereocenters. The summed E-state index contributed by atoms with van der Waals surface area (Å²) in [7, 11) is 0. The highest BCUT2D eigenvalue weighted by Gasteiger charge is 2.33. The van der Waals surface area contributed by atoms with Crippen molar-refractivity contribution in [1.29, 1.82) is 0 Å². The summed E-state index contributed by atoms with van der Waals surface area (Å²) in [5.41, 5.74) is 3.59. The monoisotopic (exact) mass is 405 g/mol. The maximum atomic E-state index is 13.4. The number of aromatic nitrogens is 1. The van der Waals surface area contributed by atoms with Crippen LogP contribution in [0.3, 0.4) is 0 Å². The van der Waals surface area contributed by atoms with E-state index >= 15 is 0 Å². The molecule has 29 heavy (non-hydrogen) atoms. The summed E-state index contributed by atoms with van der Waals surface area (Å²) in [6, 6.07) is 20.5. The van der Waals surface area contributed by atoms with E-state index in [0.717, 1.165) is 17.5 Å². The Hall–Kier alpha value is -2.89. The van der Waals surface area contributed by atoms with E-state index < -0.39 is 6.04 Å². The maximum absolute atomic E-state index is 13.4. The van der Waals surface area contributed by atoms with E-state index in [4.69, 9.17) is 12.2 Å². The van der Waals surface area contributed by atoms with Gasteiger partial charge in [0.1, 0.15) is 0 Å². The molecule has 2 aromatic carbocycles. The van der Waals surface area contributed by atoms with Gasteiger partial charge < -0.3 is 10.4 Å². The lowest BCUT2D eigenvalue weighted by atomic mass is 10.0. The molecule has 2 N–H and O–H groups in total. The second-order valence-corrected chi connectivity index (χ2v) is 7.28. The summed E-state index contributed by atoms with van der Waals surface area (Å²) < 4.78 is 1.77. The van der Waals surface area contributed by atoms with Gasteiger partial charge in [-0.25, -0.2) is 0 Å². The molecule has 1 aromatic heterocycles. The minimum Gasteiger partial charge on any atom is -0.391 e. The Morgan fingerprint density at radius 2 is 1.69 bits per heavy atom. The van der Waals surface area contributed by atoms with Crippen LogP contribution in [0.5, 0.6) is 0 Å². The van der Waals surface area contributed by atoms with E-state index in [9.17, 15) is 9.90 Å². The fourth-order valence-corrected chi connectivity index (χ4v) is 3.43. The van der Waals surface area contributed by atoms with Gasteiger partial charge in [-0.3, -0.25) is 4.79 Å². The van der Waals surface area contributed by atoms with Gasteiger partial charge in [0.25, 0.3) is 6.04 Å². The number of Topliss-reactive ketones (excluding diaryl/α,β-unsaturated/α-hetero) is 1. The largest absolute Gasteiger partial charge is 0.391 e. The van der Waals surface area contributed by atoms with Crippen LogP contribution in [0.4, 0.5) is 0 Å². The van der Waals surface area contributed by atoms with Crippen molar-refractivity contribution in [2.24, 2.45) is 0 Å². The fourth-order valence-electron chi connectivity index (χ4n) is 3.13. The first-order chi connectivity index (χ1) is 14.1. The molecule has 0 spiro atoms. The van der Waals surface area contributed by atoms with Gasteiger partial charge in [0, 0.05) is 23.7 Å². The molecule has 0 saturated heterocycles. The number of carbonyl (C=O) groups excluding carboxylic acids is 1. The van der Waals surface area contributed by atoms with Crippen LogP contribution in [-0.4, -0.2) is 15.9 Å². The van der Waals surface area contributed by atoms with Crippen LogP contribution in [0.25, 0.3) is 0 Å². The third-order valence-corrected chi connectivity index (χ3v) is 5.18. The minimum absolute atomic E-state index is 0.0849. The first-order valence-corrected chi connectivity index (χ1v) is 10.1. The zero-order valence-electron chi connectivity index (χ0n) is 16.4. The number of thiocarbonyl (C=S) groups is 1. The third kappa shape index (κ3) is 5.34. The highest BCUT2D eigenvalue weighted by molar-refractivity contribution is 7.80. The number of aliphatic hydroxyl groups excluding tert-OH is 1. The number of aliphatic hydroxyl groups is 1. The van der Waals surface area contributed by atoms with Crippen LogP contribution < -0.4 is 9.88 Å². The molecule has 0 bridgehead atoms. The van der Waals surface area contributed by atoms with Crippen LogP contribution in [0.2, 0.25) is 0 Å². The number of benzene rings is 2. The smallest absolute Gasteiger partial charge is 0.270 e. The molecular formula is C24H25N2O2S+. The summed E-state index contributed by atoms with van der Waals surface area (Å²) in [6.45, 7) is 2.52. The standard InChI is InChI=1S/C24H24N2O2S/c1-2-18-10-12-21(13-11-18)23(28)22(26-14-6-9-20(16-26)17-27)24(29)25-15-19-7-4-3-5-8-19/h3-14,16,22,27H,2,15,17H2,1H3/p+1/t22-/m1/s1. The first kappa shape index (κ1) is 20.8. The molecule has 0 fully saturated rings. The number of rotatable bonds is 8. The van der Waals surface area contributed by atoms with E-state index in [-0.39, 0.29) is 12.4 Å². The van der Waals surface area contributed by atoms with Gasteiger partial charge in [-0.2, -0.15) is 4.57 Å². The van der Waals surface area contributed by atoms with Gasteiger partial charge in [-0.15, -0.1) is 0 Å². The molecular weight excluding hydrogens is 380 g/mol. The average Bonchev–Trinajstić information content (AvgIpc) is 2.78. The van der Waals surface area contributed by atoms with Crippen molar-refractivity contribution in [3.63, 3.8) is 0 Å². The van der Waals surface area contributed by atoms with Gasteiger partial charge in [-0.1, -0.05) is 73.7 Å². The lowest BCUT2D eigenvalue weighted by Crippen LogP contribution is -2.51. The average molecular weight is 406 g/mol. The van der Waals surface area contributed by atoms with E-state index in [1.54, 1.807) is 17.0 Å². The number of ketones is 1. The fraction of sp³-hybridized carbons (Fsp3) is 0.208.